The van der Waals surface area contributed by atoms with Gasteiger partial charge in [-0.05, 0) is 55.5 Å². The summed E-state index contributed by atoms with van der Waals surface area (Å²) in [6.07, 6.45) is 3.15. The van der Waals surface area contributed by atoms with E-state index in [0.29, 0.717) is 6.42 Å². The van der Waals surface area contributed by atoms with Crippen LogP contribution in [0.4, 0.5) is 5.69 Å². The van der Waals surface area contributed by atoms with Crippen molar-refractivity contribution in [1.82, 2.24) is 0 Å². The third kappa shape index (κ3) is 3.50. The molecule has 0 bridgehead atoms. The predicted molar refractivity (Wildman–Crippen MR) is 91.9 cm³/mol. The normalized spacial score (nSPS) is 13.5. The molecule has 0 N–H and O–H groups in total. The van der Waals surface area contributed by atoms with Crippen molar-refractivity contribution in [2.24, 2.45) is 0 Å². The third-order valence-corrected chi connectivity index (χ3v) is 4.38. The summed E-state index contributed by atoms with van der Waals surface area (Å²) >= 11 is 0. The van der Waals surface area contributed by atoms with E-state index in [1.165, 1.54) is 5.56 Å². The van der Waals surface area contributed by atoms with Crippen molar-refractivity contribution in [2.75, 3.05) is 11.4 Å². The fourth-order valence-corrected chi connectivity index (χ4v) is 3.11. The molecule has 0 atom stereocenters. The van der Waals surface area contributed by atoms with E-state index in [1.807, 2.05) is 41.3 Å². The van der Waals surface area contributed by atoms with Crippen LogP contribution in [0.2, 0.25) is 0 Å². The highest BCUT2D eigenvalue weighted by molar-refractivity contribution is 5.97. The molecule has 1 aliphatic rings. The number of carbonyl (C=O) groups is 2. The SMILES string of the molecule is CC(=O)c1ccc2c(c1)CCCN2C(=O)CCc1ccccc1. The highest BCUT2D eigenvalue weighted by atomic mass is 16.2. The number of aryl methyl sites for hydroxylation is 2. The Balaban J connectivity index is 1.74. The Morgan fingerprint density at radius 3 is 2.61 bits per heavy atom. The Morgan fingerprint density at radius 2 is 1.87 bits per heavy atom. The van der Waals surface area contributed by atoms with Gasteiger partial charge in [0.25, 0.3) is 0 Å². The van der Waals surface area contributed by atoms with Crippen molar-refractivity contribution in [3.05, 3.63) is 65.2 Å². The second-order valence-corrected chi connectivity index (χ2v) is 6.03. The zero-order chi connectivity index (χ0) is 16.2. The van der Waals surface area contributed by atoms with Gasteiger partial charge in [0.15, 0.2) is 5.78 Å². The molecule has 1 aliphatic heterocycles. The zero-order valence-electron chi connectivity index (χ0n) is 13.4. The molecule has 1 amide bonds. The van der Waals surface area contributed by atoms with Crippen LogP contribution in [0.15, 0.2) is 48.5 Å². The smallest absolute Gasteiger partial charge is 0.227 e. The summed E-state index contributed by atoms with van der Waals surface area (Å²) in [6, 6.07) is 15.8. The van der Waals surface area contributed by atoms with Gasteiger partial charge >= 0.3 is 0 Å². The van der Waals surface area contributed by atoms with E-state index >= 15 is 0 Å². The van der Waals surface area contributed by atoms with Gasteiger partial charge in [0.05, 0.1) is 0 Å². The number of ketones is 1. The summed E-state index contributed by atoms with van der Waals surface area (Å²) in [6.45, 7) is 2.34. The lowest BCUT2D eigenvalue weighted by molar-refractivity contribution is -0.118. The zero-order valence-corrected chi connectivity index (χ0v) is 13.4. The van der Waals surface area contributed by atoms with Crippen molar-refractivity contribution in [1.29, 1.82) is 0 Å². The van der Waals surface area contributed by atoms with Crippen LogP contribution in [0, 0.1) is 0 Å². The van der Waals surface area contributed by atoms with Crippen molar-refractivity contribution in [3.8, 4) is 0 Å². The van der Waals surface area contributed by atoms with Crippen LogP contribution in [0.1, 0.15) is 41.3 Å². The summed E-state index contributed by atoms with van der Waals surface area (Å²) in [5.41, 5.74) is 3.99. The molecule has 3 nitrogen and oxygen atoms in total. The first-order valence-electron chi connectivity index (χ1n) is 8.13. The van der Waals surface area contributed by atoms with Crippen LogP contribution in [-0.2, 0) is 17.6 Å². The van der Waals surface area contributed by atoms with Crippen LogP contribution in [0.5, 0.6) is 0 Å². The average Bonchev–Trinajstić information content (AvgIpc) is 2.59. The van der Waals surface area contributed by atoms with E-state index in [9.17, 15) is 9.59 Å². The molecule has 0 fully saturated rings. The van der Waals surface area contributed by atoms with Gasteiger partial charge < -0.3 is 4.90 Å². The number of carbonyl (C=O) groups excluding carboxylic acids is 2. The largest absolute Gasteiger partial charge is 0.312 e. The van der Waals surface area contributed by atoms with E-state index in [4.69, 9.17) is 0 Å². The monoisotopic (exact) mass is 307 g/mol. The molecule has 0 aliphatic carbocycles. The van der Waals surface area contributed by atoms with Crippen molar-refractivity contribution >= 4 is 17.4 Å². The molecule has 23 heavy (non-hydrogen) atoms. The Labute approximate surface area is 136 Å². The topological polar surface area (TPSA) is 37.4 Å². The molecule has 0 radical (unpaired) electrons. The van der Waals surface area contributed by atoms with Gasteiger partial charge in [-0.15, -0.1) is 0 Å². The highest BCUT2D eigenvalue weighted by Gasteiger charge is 2.22. The van der Waals surface area contributed by atoms with Gasteiger partial charge in [-0.25, -0.2) is 0 Å². The van der Waals surface area contributed by atoms with Gasteiger partial charge in [-0.2, -0.15) is 0 Å². The molecule has 3 heteroatoms. The standard InChI is InChI=1S/C20H21NO2/c1-15(22)17-10-11-19-18(14-17)8-5-13-21(19)20(23)12-9-16-6-3-2-4-7-16/h2-4,6-7,10-11,14H,5,8-9,12-13H2,1H3. The number of anilines is 1. The molecule has 0 aromatic heterocycles. The van der Waals surface area contributed by atoms with Crippen LogP contribution in [0.25, 0.3) is 0 Å². The molecule has 118 valence electrons. The number of rotatable bonds is 4. The van der Waals surface area contributed by atoms with Gasteiger partial charge in [-0.3, -0.25) is 9.59 Å². The maximum Gasteiger partial charge on any atom is 0.227 e. The summed E-state index contributed by atoms with van der Waals surface area (Å²) in [7, 11) is 0. The molecule has 0 saturated heterocycles. The van der Waals surface area contributed by atoms with Crippen LogP contribution in [-0.4, -0.2) is 18.2 Å². The van der Waals surface area contributed by atoms with E-state index in [2.05, 4.69) is 12.1 Å². The second kappa shape index (κ2) is 6.78. The second-order valence-electron chi connectivity index (χ2n) is 6.03. The first-order chi connectivity index (χ1) is 11.1. The molecule has 0 spiro atoms. The predicted octanol–water partition coefficient (Wildman–Crippen LogP) is 3.80. The molecular weight excluding hydrogens is 286 g/mol. The van der Waals surface area contributed by atoms with Crippen molar-refractivity contribution in [2.45, 2.75) is 32.6 Å². The number of Topliss-reactive ketones (excluding diaryl/α,β-unsaturated/α-hetero) is 1. The summed E-state index contributed by atoms with van der Waals surface area (Å²) in [5.74, 6) is 0.228. The quantitative estimate of drug-likeness (QED) is 0.806. The lowest BCUT2D eigenvalue weighted by atomic mass is 9.97. The summed E-state index contributed by atoms with van der Waals surface area (Å²) in [5, 5.41) is 0. The average molecular weight is 307 g/mol. The lowest BCUT2D eigenvalue weighted by Gasteiger charge is -2.30. The number of amides is 1. The van der Waals surface area contributed by atoms with Gasteiger partial charge in [0, 0.05) is 24.2 Å². The minimum atomic E-state index is 0.0697. The minimum absolute atomic E-state index is 0.0697. The molecule has 0 unspecified atom stereocenters. The minimum Gasteiger partial charge on any atom is -0.312 e. The molecular formula is C20H21NO2. The first kappa shape index (κ1) is 15.5. The van der Waals surface area contributed by atoms with Gasteiger partial charge in [0.1, 0.15) is 0 Å². The number of hydrogen-bond acceptors (Lipinski definition) is 2. The molecule has 0 saturated carbocycles. The number of hydrogen-bond donors (Lipinski definition) is 0. The maximum atomic E-state index is 12.6. The molecule has 1 heterocycles. The lowest BCUT2D eigenvalue weighted by Crippen LogP contribution is -2.35. The molecule has 2 aromatic carbocycles. The Kier molecular flexibility index (Phi) is 4.56. The molecule has 2 aromatic rings. The van der Waals surface area contributed by atoms with Crippen LogP contribution in [0.3, 0.4) is 0 Å². The fraction of sp³-hybridized carbons (Fsp3) is 0.300. The van der Waals surface area contributed by atoms with E-state index in [0.717, 1.165) is 42.6 Å². The summed E-state index contributed by atoms with van der Waals surface area (Å²) < 4.78 is 0. The van der Waals surface area contributed by atoms with E-state index < -0.39 is 0 Å². The Bertz CT molecular complexity index is 722. The van der Waals surface area contributed by atoms with Crippen LogP contribution < -0.4 is 4.90 Å². The van der Waals surface area contributed by atoms with E-state index in [1.54, 1.807) is 6.92 Å². The van der Waals surface area contributed by atoms with Gasteiger partial charge in [-0.1, -0.05) is 30.3 Å². The van der Waals surface area contributed by atoms with Gasteiger partial charge in [0.2, 0.25) is 5.91 Å². The fourth-order valence-electron chi connectivity index (χ4n) is 3.11. The first-order valence-corrected chi connectivity index (χ1v) is 8.13. The maximum absolute atomic E-state index is 12.6. The molecule has 3 rings (SSSR count). The van der Waals surface area contributed by atoms with Crippen molar-refractivity contribution in [3.63, 3.8) is 0 Å². The number of nitrogens with zero attached hydrogens (tertiary/aromatic N) is 1. The van der Waals surface area contributed by atoms with Crippen molar-refractivity contribution < 1.29 is 9.59 Å². The van der Waals surface area contributed by atoms with Crippen LogP contribution >= 0.6 is 0 Å². The van der Waals surface area contributed by atoms with E-state index in [-0.39, 0.29) is 11.7 Å². The Morgan fingerprint density at radius 1 is 1.09 bits per heavy atom. The third-order valence-electron chi connectivity index (χ3n) is 4.38. The Hall–Kier alpha value is -2.42. The number of benzene rings is 2. The summed E-state index contributed by atoms with van der Waals surface area (Å²) in [4.78, 5) is 26.0. The number of fused-ring (bicyclic) bond motifs is 1. The highest BCUT2D eigenvalue weighted by Crippen LogP contribution is 2.29.